The molecule has 1 unspecified atom stereocenters. The van der Waals surface area contributed by atoms with Crippen molar-refractivity contribution in [3.8, 4) is 0 Å². The summed E-state index contributed by atoms with van der Waals surface area (Å²) in [6, 6.07) is 0. The van der Waals surface area contributed by atoms with Crippen LogP contribution in [0.2, 0.25) is 0 Å². The van der Waals surface area contributed by atoms with Gasteiger partial charge in [-0.2, -0.15) is 0 Å². The van der Waals surface area contributed by atoms with Crippen LogP contribution in [-0.2, 0) is 9.53 Å². The van der Waals surface area contributed by atoms with E-state index in [0.717, 1.165) is 12.3 Å². The van der Waals surface area contributed by atoms with E-state index in [9.17, 15) is 4.79 Å². The standard InChI is InChI=1S/C9H15NO2/c1-4-12-7(2)8-5-9(11)10(3)6-8/h8H,2,4-6H2,1,3H3. The highest BCUT2D eigenvalue weighted by Crippen LogP contribution is 2.22. The molecule has 3 heteroatoms. The highest BCUT2D eigenvalue weighted by molar-refractivity contribution is 5.78. The maximum atomic E-state index is 11.1. The number of amides is 1. The number of hydrogen-bond acceptors (Lipinski definition) is 2. The molecule has 0 spiro atoms. The second kappa shape index (κ2) is 3.61. The van der Waals surface area contributed by atoms with Crippen LogP contribution in [0.5, 0.6) is 0 Å². The smallest absolute Gasteiger partial charge is 0.223 e. The zero-order valence-electron chi connectivity index (χ0n) is 7.67. The van der Waals surface area contributed by atoms with Gasteiger partial charge in [0.05, 0.1) is 12.4 Å². The van der Waals surface area contributed by atoms with E-state index < -0.39 is 0 Å². The molecule has 12 heavy (non-hydrogen) atoms. The van der Waals surface area contributed by atoms with E-state index in [-0.39, 0.29) is 11.8 Å². The van der Waals surface area contributed by atoms with E-state index in [2.05, 4.69) is 6.58 Å². The third-order valence-corrected chi connectivity index (χ3v) is 2.13. The van der Waals surface area contributed by atoms with Crippen molar-refractivity contribution in [2.45, 2.75) is 13.3 Å². The fraction of sp³-hybridized carbons (Fsp3) is 0.667. The Kier molecular flexibility index (Phi) is 2.74. The third kappa shape index (κ3) is 1.78. The molecule has 1 aliphatic rings. The van der Waals surface area contributed by atoms with E-state index in [1.807, 2.05) is 14.0 Å². The van der Waals surface area contributed by atoms with Crippen molar-refractivity contribution in [1.82, 2.24) is 4.90 Å². The van der Waals surface area contributed by atoms with Crippen LogP contribution in [0.1, 0.15) is 13.3 Å². The van der Waals surface area contributed by atoms with Crippen LogP contribution in [0, 0.1) is 5.92 Å². The Bertz CT molecular complexity index is 201. The highest BCUT2D eigenvalue weighted by atomic mass is 16.5. The maximum Gasteiger partial charge on any atom is 0.223 e. The molecule has 0 aliphatic carbocycles. The summed E-state index contributed by atoms with van der Waals surface area (Å²) in [7, 11) is 1.81. The molecule has 1 amide bonds. The molecule has 3 nitrogen and oxygen atoms in total. The largest absolute Gasteiger partial charge is 0.498 e. The van der Waals surface area contributed by atoms with Crippen LogP contribution in [0.25, 0.3) is 0 Å². The van der Waals surface area contributed by atoms with Crippen LogP contribution in [0.4, 0.5) is 0 Å². The van der Waals surface area contributed by atoms with Crippen molar-refractivity contribution in [3.63, 3.8) is 0 Å². The molecule has 0 aromatic rings. The van der Waals surface area contributed by atoms with Gasteiger partial charge in [-0.05, 0) is 6.92 Å². The van der Waals surface area contributed by atoms with Crippen LogP contribution in [0.15, 0.2) is 12.3 Å². The molecule has 1 heterocycles. The van der Waals surface area contributed by atoms with E-state index in [0.29, 0.717) is 13.0 Å². The molecule has 0 radical (unpaired) electrons. The molecule has 1 rings (SSSR count). The first-order valence-corrected chi connectivity index (χ1v) is 4.20. The van der Waals surface area contributed by atoms with Gasteiger partial charge in [-0.1, -0.05) is 6.58 Å². The predicted molar refractivity (Wildman–Crippen MR) is 46.5 cm³/mol. The van der Waals surface area contributed by atoms with Crippen molar-refractivity contribution >= 4 is 5.91 Å². The molecule has 1 saturated heterocycles. The van der Waals surface area contributed by atoms with Gasteiger partial charge in [0.1, 0.15) is 0 Å². The molecule has 0 aromatic heterocycles. The molecule has 1 fully saturated rings. The first-order valence-electron chi connectivity index (χ1n) is 4.20. The molecule has 0 N–H and O–H groups in total. The second-order valence-electron chi connectivity index (χ2n) is 3.07. The minimum absolute atomic E-state index is 0.181. The maximum absolute atomic E-state index is 11.1. The predicted octanol–water partition coefficient (Wildman–Crippen LogP) is 1.01. The van der Waals surface area contributed by atoms with E-state index >= 15 is 0 Å². The van der Waals surface area contributed by atoms with Gasteiger partial charge in [0.25, 0.3) is 0 Å². The Hall–Kier alpha value is -0.990. The Morgan fingerprint density at radius 1 is 1.83 bits per heavy atom. The molecule has 68 valence electrons. The lowest BCUT2D eigenvalue weighted by molar-refractivity contribution is -0.126. The van der Waals surface area contributed by atoms with Crippen molar-refractivity contribution in [3.05, 3.63) is 12.3 Å². The number of carbonyl (C=O) groups is 1. The average Bonchev–Trinajstić information content (AvgIpc) is 2.33. The Morgan fingerprint density at radius 2 is 2.50 bits per heavy atom. The molecule has 1 aliphatic heterocycles. The second-order valence-corrected chi connectivity index (χ2v) is 3.07. The van der Waals surface area contributed by atoms with Gasteiger partial charge in [-0.15, -0.1) is 0 Å². The SMILES string of the molecule is C=C(OCC)C1CC(=O)N(C)C1. The summed E-state index contributed by atoms with van der Waals surface area (Å²) in [6.45, 7) is 7.10. The van der Waals surface area contributed by atoms with Crippen molar-refractivity contribution in [2.24, 2.45) is 5.92 Å². The fourth-order valence-electron chi connectivity index (χ4n) is 1.38. The van der Waals surface area contributed by atoms with Gasteiger partial charge in [0, 0.05) is 25.9 Å². The third-order valence-electron chi connectivity index (χ3n) is 2.13. The number of hydrogen-bond donors (Lipinski definition) is 0. The lowest BCUT2D eigenvalue weighted by Crippen LogP contribution is -2.19. The van der Waals surface area contributed by atoms with Crippen LogP contribution in [0.3, 0.4) is 0 Å². The summed E-state index contributed by atoms with van der Waals surface area (Å²) in [5.41, 5.74) is 0. The zero-order valence-corrected chi connectivity index (χ0v) is 7.67. The minimum Gasteiger partial charge on any atom is -0.498 e. The van der Waals surface area contributed by atoms with Gasteiger partial charge in [0.15, 0.2) is 0 Å². The number of ether oxygens (including phenoxy) is 1. The van der Waals surface area contributed by atoms with Crippen LogP contribution < -0.4 is 0 Å². The summed E-state index contributed by atoms with van der Waals surface area (Å²) in [5, 5.41) is 0. The molecule has 0 saturated carbocycles. The fourth-order valence-corrected chi connectivity index (χ4v) is 1.38. The lowest BCUT2D eigenvalue weighted by atomic mass is 10.1. The minimum atomic E-state index is 0.181. The first-order chi connectivity index (χ1) is 5.65. The number of nitrogens with zero attached hydrogens (tertiary/aromatic N) is 1. The quantitative estimate of drug-likeness (QED) is 0.590. The van der Waals surface area contributed by atoms with Crippen molar-refractivity contribution < 1.29 is 9.53 Å². The highest BCUT2D eigenvalue weighted by Gasteiger charge is 2.29. The Morgan fingerprint density at radius 3 is 2.92 bits per heavy atom. The summed E-state index contributed by atoms with van der Waals surface area (Å²) in [6.07, 6.45) is 0.551. The molecule has 0 bridgehead atoms. The van der Waals surface area contributed by atoms with Crippen LogP contribution >= 0.6 is 0 Å². The van der Waals surface area contributed by atoms with Crippen molar-refractivity contribution in [2.75, 3.05) is 20.2 Å². The molecular formula is C9H15NO2. The number of rotatable bonds is 3. The van der Waals surface area contributed by atoms with Gasteiger partial charge in [0.2, 0.25) is 5.91 Å². The van der Waals surface area contributed by atoms with E-state index in [1.54, 1.807) is 4.90 Å². The normalized spacial score (nSPS) is 23.0. The summed E-state index contributed by atoms with van der Waals surface area (Å²) in [4.78, 5) is 12.8. The van der Waals surface area contributed by atoms with Gasteiger partial charge in [-0.25, -0.2) is 0 Å². The molecular weight excluding hydrogens is 154 g/mol. The Balaban J connectivity index is 2.46. The number of carbonyl (C=O) groups excluding carboxylic acids is 1. The summed E-state index contributed by atoms with van der Waals surface area (Å²) in [5.74, 6) is 1.12. The number of likely N-dealkylation sites (tertiary alicyclic amines) is 1. The average molecular weight is 169 g/mol. The van der Waals surface area contributed by atoms with E-state index in [1.165, 1.54) is 0 Å². The molecule has 0 aromatic carbocycles. The first kappa shape index (κ1) is 9.10. The lowest BCUT2D eigenvalue weighted by Gasteiger charge is -2.13. The molecule has 1 atom stereocenters. The van der Waals surface area contributed by atoms with Crippen LogP contribution in [-0.4, -0.2) is 31.0 Å². The zero-order chi connectivity index (χ0) is 9.14. The van der Waals surface area contributed by atoms with E-state index in [4.69, 9.17) is 4.74 Å². The van der Waals surface area contributed by atoms with Gasteiger partial charge < -0.3 is 9.64 Å². The van der Waals surface area contributed by atoms with Crippen molar-refractivity contribution in [1.29, 1.82) is 0 Å². The summed E-state index contributed by atoms with van der Waals surface area (Å²) >= 11 is 0. The topological polar surface area (TPSA) is 29.5 Å². The summed E-state index contributed by atoms with van der Waals surface area (Å²) < 4.78 is 5.25. The van der Waals surface area contributed by atoms with Gasteiger partial charge in [-0.3, -0.25) is 4.79 Å². The Labute approximate surface area is 73.0 Å². The monoisotopic (exact) mass is 169 g/mol. The van der Waals surface area contributed by atoms with Gasteiger partial charge >= 0.3 is 0 Å².